The Hall–Kier alpha value is -1.53. The van der Waals surface area contributed by atoms with E-state index in [9.17, 15) is 17.6 Å². The number of carbonyl (C=O) groups excluding carboxylic acids is 1. The maximum atomic E-state index is 13.4. The Morgan fingerprint density at radius 1 is 1.29 bits per heavy atom. The number of aromatic nitrogens is 1. The molecule has 1 radical (unpaired) electrons. The minimum Gasteiger partial charge on any atom is -0.512 e. The van der Waals surface area contributed by atoms with Crippen molar-refractivity contribution in [2.75, 3.05) is 0 Å². The summed E-state index contributed by atoms with van der Waals surface area (Å²) in [5.41, 5.74) is -0.948. The van der Waals surface area contributed by atoms with Crippen LogP contribution in [0.5, 0.6) is 0 Å². The quantitative estimate of drug-likeness (QED) is 0.206. The van der Waals surface area contributed by atoms with Gasteiger partial charge in [0.15, 0.2) is 0 Å². The van der Waals surface area contributed by atoms with Crippen molar-refractivity contribution in [2.24, 2.45) is 0 Å². The van der Waals surface area contributed by atoms with E-state index in [2.05, 4.69) is 11.1 Å². The first kappa shape index (κ1) is 22.5. The molecule has 1 aliphatic rings. The summed E-state index contributed by atoms with van der Waals surface area (Å²) in [6.07, 6.45) is 3.80. The molecule has 1 heterocycles. The fraction of sp³-hybridized carbons (Fsp3) is 0.375. The van der Waals surface area contributed by atoms with Crippen molar-refractivity contribution in [3.8, 4) is 0 Å². The molecule has 3 nitrogen and oxygen atoms in total. The van der Waals surface area contributed by atoms with Crippen molar-refractivity contribution >= 4 is 11.4 Å². The van der Waals surface area contributed by atoms with Crippen LogP contribution in [-0.4, -0.2) is 32.5 Å². The number of allylic oxidation sites excluding steroid dienone is 4. The van der Waals surface area contributed by atoms with Gasteiger partial charge >= 0.3 is 17.6 Å². The Morgan fingerprint density at radius 3 is 2.33 bits per heavy atom. The number of pyridine rings is 1. The summed E-state index contributed by atoms with van der Waals surface area (Å²) in [5.74, 6) is -7.97. The molecule has 2 rings (SSSR count). The first-order valence-electron chi connectivity index (χ1n) is 6.76. The Labute approximate surface area is 150 Å². The zero-order chi connectivity index (χ0) is 17.7. The summed E-state index contributed by atoms with van der Waals surface area (Å²) in [5, 5.41) is 8.40. The smallest absolute Gasteiger partial charge is 0.316 e. The summed E-state index contributed by atoms with van der Waals surface area (Å²) in [4.78, 5) is 12.1. The zero-order valence-corrected chi connectivity index (χ0v) is 15.4. The Balaban J connectivity index is 0.000000570. The van der Waals surface area contributed by atoms with Crippen LogP contribution in [0.4, 0.5) is 17.6 Å². The minimum atomic E-state index is -4.19. The Kier molecular flexibility index (Phi) is 8.50. The number of rotatable bonds is 2. The number of ketones is 1. The second-order valence-electron chi connectivity index (χ2n) is 4.97. The summed E-state index contributed by atoms with van der Waals surface area (Å²) < 4.78 is 53.0. The van der Waals surface area contributed by atoms with Crippen molar-refractivity contribution in [1.82, 2.24) is 4.98 Å². The predicted octanol–water partition coefficient (Wildman–Crippen LogP) is 4.34. The third-order valence-corrected chi connectivity index (χ3v) is 2.85. The first-order chi connectivity index (χ1) is 10.6. The molecular formula is C16H17F4IrNO2. The van der Waals surface area contributed by atoms with Crippen molar-refractivity contribution in [3.63, 3.8) is 0 Å². The number of hydrogen-bond acceptors (Lipinski definition) is 2. The van der Waals surface area contributed by atoms with Crippen molar-refractivity contribution in [3.05, 3.63) is 48.0 Å². The Morgan fingerprint density at radius 2 is 1.92 bits per heavy atom. The number of aliphatic hydroxyl groups excluding tert-OH is 1. The van der Waals surface area contributed by atoms with Gasteiger partial charge in [-0.1, -0.05) is 11.8 Å². The summed E-state index contributed by atoms with van der Waals surface area (Å²) in [6.45, 7) is 3.00. The van der Waals surface area contributed by atoms with E-state index < -0.39 is 23.8 Å². The molecule has 8 heteroatoms. The van der Waals surface area contributed by atoms with Gasteiger partial charge in [0.1, 0.15) is 0 Å². The number of hydrogen-bond donors (Lipinski definition) is 1. The molecule has 0 fully saturated rings. The molecule has 0 saturated carbocycles. The fourth-order valence-corrected chi connectivity index (χ4v) is 1.86. The molecular weight excluding hydrogens is 506 g/mol. The van der Waals surface area contributed by atoms with Crippen LogP contribution in [-0.2, 0) is 20.1 Å². The van der Waals surface area contributed by atoms with E-state index in [1.807, 2.05) is 0 Å². The van der Waals surface area contributed by atoms with E-state index in [4.69, 9.17) is 9.90 Å². The van der Waals surface area contributed by atoms with E-state index >= 15 is 0 Å². The van der Waals surface area contributed by atoms with E-state index in [1.165, 1.54) is 44.3 Å². The van der Waals surface area contributed by atoms with Gasteiger partial charge in [-0.05, 0) is 13.0 Å². The molecule has 0 saturated heterocycles. The van der Waals surface area contributed by atoms with E-state index in [1.54, 1.807) is 0 Å². The maximum Gasteiger partial charge on any atom is 0.316 e. The van der Waals surface area contributed by atoms with Crippen LogP contribution in [0.25, 0.3) is 5.57 Å². The molecule has 135 valence electrons. The molecule has 0 unspecified atom stereocenters. The molecule has 1 aromatic heterocycles. The van der Waals surface area contributed by atoms with Crippen molar-refractivity contribution in [2.45, 2.75) is 38.5 Å². The predicted molar refractivity (Wildman–Crippen MR) is 79.0 cm³/mol. The average molecular weight is 524 g/mol. The normalized spacial score (nSPS) is 18.4. The van der Waals surface area contributed by atoms with Crippen LogP contribution >= 0.6 is 0 Å². The molecule has 0 bridgehead atoms. The van der Waals surface area contributed by atoms with Gasteiger partial charge in [0.2, 0.25) is 0 Å². The number of halogens is 4. The van der Waals surface area contributed by atoms with Gasteiger partial charge in [-0.3, -0.25) is 10.9 Å². The van der Waals surface area contributed by atoms with E-state index in [0.717, 1.165) is 0 Å². The van der Waals surface area contributed by atoms with Crippen LogP contribution < -0.4 is 0 Å². The molecule has 2 N–H and O–H groups in total. The summed E-state index contributed by atoms with van der Waals surface area (Å²) in [7, 11) is 0. The third kappa shape index (κ3) is 5.83. The van der Waals surface area contributed by atoms with Gasteiger partial charge in [0.25, 0.3) is 0 Å². The second kappa shape index (κ2) is 9.08. The minimum absolute atomic E-state index is 0. The third-order valence-electron chi connectivity index (χ3n) is 2.85. The zero-order valence-electron chi connectivity index (χ0n) is 13.0. The summed E-state index contributed by atoms with van der Waals surface area (Å²) in [6, 6.07) is 4.28. The first-order valence-corrected chi connectivity index (χ1v) is 6.76. The van der Waals surface area contributed by atoms with Gasteiger partial charge in [-0.15, -0.1) is 18.1 Å². The fourth-order valence-electron chi connectivity index (χ4n) is 1.86. The van der Waals surface area contributed by atoms with Crippen molar-refractivity contribution < 1.29 is 47.6 Å². The number of alkyl halides is 4. The van der Waals surface area contributed by atoms with Crippen LogP contribution in [0, 0.1) is 6.08 Å². The SMILES string of the molecule is CC(=[OH+])/C=C(/C)O.FC1(F)CC[C-]=C(c2ccccn2)C1(F)F.[Ir]. The van der Waals surface area contributed by atoms with Crippen molar-refractivity contribution in [1.29, 1.82) is 0 Å². The van der Waals surface area contributed by atoms with E-state index in [0.29, 0.717) is 0 Å². The Bertz CT molecular complexity index is 612. The monoisotopic (exact) mass is 524 g/mol. The maximum absolute atomic E-state index is 13.4. The molecule has 1 aromatic rings. The van der Waals surface area contributed by atoms with Gasteiger partial charge in [-0.2, -0.15) is 17.6 Å². The standard InChI is InChI=1S/C11H8F4N.C5H8O2.Ir/c12-10(13)6-3-4-8(11(10,14)15)9-5-1-2-7-16-9;1-4(6)3-5(2)7;/h1-2,5,7H,3,6H2;3,6H,1-2H3;/q-1;;/p+1/b;4-3-;. The molecule has 0 spiro atoms. The van der Waals surface area contributed by atoms with Gasteiger partial charge in [-0.25, -0.2) is 0 Å². The van der Waals surface area contributed by atoms with Gasteiger partial charge < -0.3 is 10.1 Å². The van der Waals surface area contributed by atoms with Gasteiger partial charge in [0.05, 0.1) is 18.8 Å². The largest absolute Gasteiger partial charge is 0.512 e. The van der Waals surface area contributed by atoms with E-state index in [-0.39, 0.29) is 43.8 Å². The molecule has 1 aliphatic carbocycles. The molecule has 0 amide bonds. The molecule has 24 heavy (non-hydrogen) atoms. The average Bonchev–Trinajstić information content (AvgIpc) is 2.42. The number of nitrogens with zero attached hydrogens (tertiary/aromatic N) is 1. The number of aliphatic hydroxyl groups is 1. The van der Waals surface area contributed by atoms with Crippen LogP contribution in [0.15, 0.2) is 36.2 Å². The van der Waals surface area contributed by atoms with Crippen LogP contribution in [0.2, 0.25) is 0 Å². The summed E-state index contributed by atoms with van der Waals surface area (Å²) >= 11 is 0. The second-order valence-corrected chi connectivity index (χ2v) is 4.97. The van der Waals surface area contributed by atoms with Crippen LogP contribution in [0.3, 0.4) is 0 Å². The van der Waals surface area contributed by atoms with Gasteiger partial charge in [0, 0.05) is 32.7 Å². The molecule has 0 atom stereocenters. The van der Waals surface area contributed by atoms with Crippen LogP contribution in [0.1, 0.15) is 32.4 Å². The molecule has 0 aliphatic heterocycles. The molecule has 0 aromatic carbocycles. The topological polar surface area (TPSA) is 54.5 Å².